The first-order valence-electron chi connectivity index (χ1n) is 12.2. The number of amides is 2. The zero-order valence-electron chi connectivity index (χ0n) is 21.8. The van der Waals surface area contributed by atoms with Crippen molar-refractivity contribution < 1.29 is 23.5 Å². The van der Waals surface area contributed by atoms with Gasteiger partial charge >= 0.3 is 0 Å². The normalized spacial score (nSPS) is 15.1. The van der Waals surface area contributed by atoms with E-state index in [4.69, 9.17) is 9.47 Å². The number of halogens is 1. The molecule has 1 atom stereocenters. The van der Waals surface area contributed by atoms with Crippen molar-refractivity contribution >= 4 is 17.5 Å². The van der Waals surface area contributed by atoms with E-state index in [-0.39, 0.29) is 23.6 Å². The van der Waals surface area contributed by atoms with E-state index in [0.717, 1.165) is 11.1 Å². The number of nitrogens with one attached hydrogen (secondary N) is 1. The molecule has 0 aliphatic carbocycles. The van der Waals surface area contributed by atoms with Crippen molar-refractivity contribution in [3.8, 4) is 11.6 Å². The summed E-state index contributed by atoms with van der Waals surface area (Å²) in [6, 6.07) is 12.8. The predicted molar refractivity (Wildman–Crippen MR) is 139 cm³/mol. The van der Waals surface area contributed by atoms with Gasteiger partial charge < -0.3 is 19.7 Å². The molecule has 0 saturated carbocycles. The Bertz CT molecular complexity index is 1300. The molecule has 2 heterocycles. The van der Waals surface area contributed by atoms with Gasteiger partial charge in [0.1, 0.15) is 17.6 Å². The van der Waals surface area contributed by atoms with Crippen LogP contribution in [0.15, 0.2) is 54.7 Å². The van der Waals surface area contributed by atoms with E-state index in [1.54, 1.807) is 48.5 Å². The molecule has 3 aromatic rings. The van der Waals surface area contributed by atoms with Crippen LogP contribution in [0.25, 0.3) is 0 Å². The van der Waals surface area contributed by atoms with Gasteiger partial charge in [0.05, 0.1) is 20.6 Å². The average Bonchev–Trinajstić information content (AvgIpc) is 2.87. The molecular weight excluding hydrogens is 473 g/mol. The second kappa shape index (κ2) is 10.6. The Morgan fingerprint density at radius 1 is 1.08 bits per heavy atom. The number of fused-ring (bicyclic) bond motifs is 1. The SMILES string of the molecule is COc1ccc2c(c1)CCN(C(=O)Cc1ccc(OC)nc1)C2C(=O)Nc1ccc(C(C)(C)C)c(F)c1. The highest BCUT2D eigenvalue weighted by molar-refractivity contribution is 5.98. The zero-order valence-corrected chi connectivity index (χ0v) is 21.8. The molecular formula is C29H32FN3O4. The molecule has 4 rings (SSSR count). The summed E-state index contributed by atoms with van der Waals surface area (Å²) in [5, 5.41) is 2.83. The third-order valence-electron chi connectivity index (χ3n) is 6.55. The molecule has 0 fully saturated rings. The number of aromatic nitrogens is 1. The molecule has 2 aromatic carbocycles. The van der Waals surface area contributed by atoms with Crippen LogP contribution in [0.3, 0.4) is 0 Å². The van der Waals surface area contributed by atoms with Gasteiger partial charge in [0.15, 0.2) is 0 Å². The molecule has 1 aromatic heterocycles. The fourth-order valence-electron chi connectivity index (χ4n) is 4.61. The summed E-state index contributed by atoms with van der Waals surface area (Å²) in [5.74, 6) is 0.137. The molecule has 1 aliphatic heterocycles. The maximum Gasteiger partial charge on any atom is 0.251 e. The van der Waals surface area contributed by atoms with Gasteiger partial charge in [0.25, 0.3) is 5.91 Å². The smallest absolute Gasteiger partial charge is 0.251 e. The van der Waals surface area contributed by atoms with Crippen LogP contribution in [0.2, 0.25) is 0 Å². The Kier molecular flexibility index (Phi) is 7.47. The van der Waals surface area contributed by atoms with Gasteiger partial charge in [0.2, 0.25) is 11.8 Å². The lowest BCUT2D eigenvalue weighted by Crippen LogP contribution is -2.46. The maximum atomic E-state index is 14.8. The third kappa shape index (κ3) is 5.74. The highest BCUT2D eigenvalue weighted by atomic mass is 19.1. The second-order valence-electron chi connectivity index (χ2n) is 10.1. The highest BCUT2D eigenvalue weighted by Gasteiger charge is 2.36. The summed E-state index contributed by atoms with van der Waals surface area (Å²) < 4.78 is 25.3. The van der Waals surface area contributed by atoms with Crippen molar-refractivity contribution in [2.75, 3.05) is 26.1 Å². The van der Waals surface area contributed by atoms with E-state index < -0.39 is 11.9 Å². The number of anilines is 1. The quantitative estimate of drug-likeness (QED) is 0.518. The minimum atomic E-state index is -0.876. The van der Waals surface area contributed by atoms with Gasteiger partial charge in [-0.25, -0.2) is 9.37 Å². The third-order valence-corrected chi connectivity index (χ3v) is 6.55. The summed E-state index contributed by atoms with van der Waals surface area (Å²) in [7, 11) is 3.11. The predicted octanol–water partition coefficient (Wildman–Crippen LogP) is 4.84. The number of carbonyl (C=O) groups is 2. The standard InChI is InChI=1S/C29H32FN3O4/c1-29(2,3)23-10-7-20(16-24(23)30)32-28(35)27-22-9-8-21(36-4)15-19(22)12-13-33(27)26(34)14-18-6-11-25(37-5)31-17-18/h6-11,15-17,27H,12-14H2,1-5H3,(H,32,35). The van der Waals surface area contributed by atoms with E-state index in [9.17, 15) is 14.0 Å². The first-order chi connectivity index (χ1) is 17.6. The van der Waals surface area contributed by atoms with Crippen LogP contribution in [-0.4, -0.2) is 42.5 Å². The van der Waals surface area contributed by atoms with Crippen LogP contribution in [0.4, 0.5) is 10.1 Å². The van der Waals surface area contributed by atoms with Crippen molar-refractivity contribution in [1.29, 1.82) is 0 Å². The average molecular weight is 506 g/mol. The van der Waals surface area contributed by atoms with Gasteiger partial charge in [-0.2, -0.15) is 0 Å². The molecule has 0 radical (unpaired) electrons. The molecule has 0 saturated heterocycles. The highest BCUT2D eigenvalue weighted by Crippen LogP contribution is 2.34. The fourth-order valence-corrected chi connectivity index (χ4v) is 4.61. The number of rotatable bonds is 6. The number of hydrogen-bond acceptors (Lipinski definition) is 5. The van der Waals surface area contributed by atoms with Crippen molar-refractivity contribution in [2.45, 2.75) is 45.1 Å². The second-order valence-corrected chi connectivity index (χ2v) is 10.1. The van der Waals surface area contributed by atoms with E-state index in [2.05, 4.69) is 10.3 Å². The minimum Gasteiger partial charge on any atom is -0.497 e. The Hall–Kier alpha value is -3.94. The number of benzene rings is 2. The molecule has 0 bridgehead atoms. The largest absolute Gasteiger partial charge is 0.497 e. The Morgan fingerprint density at radius 3 is 2.49 bits per heavy atom. The summed E-state index contributed by atoms with van der Waals surface area (Å²) in [4.78, 5) is 32.8. The fraction of sp³-hybridized carbons (Fsp3) is 0.345. The number of pyridine rings is 1. The molecule has 0 spiro atoms. The molecule has 1 aliphatic rings. The Morgan fingerprint density at radius 2 is 1.86 bits per heavy atom. The molecule has 1 unspecified atom stereocenters. The number of methoxy groups -OCH3 is 2. The topological polar surface area (TPSA) is 80.8 Å². The zero-order chi connectivity index (χ0) is 26.7. The van der Waals surface area contributed by atoms with Gasteiger partial charge in [-0.3, -0.25) is 9.59 Å². The summed E-state index contributed by atoms with van der Waals surface area (Å²) in [5.41, 5.74) is 2.90. The molecule has 1 N–H and O–H groups in total. The number of nitrogens with zero attached hydrogens (tertiary/aromatic N) is 2. The summed E-state index contributed by atoms with van der Waals surface area (Å²) in [6.07, 6.45) is 2.26. The van der Waals surface area contributed by atoms with Crippen molar-refractivity contribution in [1.82, 2.24) is 9.88 Å². The summed E-state index contributed by atoms with van der Waals surface area (Å²) >= 11 is 0. The van der Waals surface area contributed by atoms with Crippen LogP contribution in [-0.2, 0) is 27.8 Å². The van der Waals surface area contributed by atoms with Crippen LogP contribution in [0, 0.1) is 5.82 Å². The van der Waals surface area contributed by atoms with E-state index in [1.807, 2.05) is 32.9 Å². The first-order valence-corrected chi connectivity index (χ1v) is 12.2. The van der Waals surface area contributed by atoms with E-state index in [1.165, 1.54) is 13.2 Å². The lowest BCUT2D eigenvalue weighted by Gasteiger charge is -2.36. The first kappa shape index (κ1) is 26.1. The Labute approximate surface area is 216 Å². The minimum absolute atomic E-state index is 0.0845. The molecule has 8 heteroatoms. The van der Waals surface area contributed by atoms with E-state index >= 15 is 0 Å². The lowest BCUT2D eigenvalue weighted by atomic mass is 9.86. The number of carbonyl (C=O) groups excluding carboxylic acids is 2. The van der Waals surface area contributed by atoms with Crippen molar-refractivity contribution in [3.63, 3.8) is 0 Å². The van der Waals surface area contributed by atoms with Crippen LogP contribution < -0.4 is 14.8 Å². The van der Waals surface area contributed by atoms with E-state index in [0.29, 0.717) is 41.4 Å². The van der Waals surface area contributed by atoms with Crippen LogP contribution >= 0.6 is 0 Å². The van der Waals surface area contributed by atoms with Crippen molar-refractivity contribution in [3.05, 3.63) is 82.8 Å². The summed E-state index contributed by atoms with van der Waals surface area (Å²) in [6.45, 7) is 6.15. The monoisotopic (exact) mass is 505 g/mol. The van der Waals surface area contributed by atoms with Crippen LogP contribution in [0.1, 0.15) is 49.1 Å². The van der Waals surface area contributed by atoms with Gasteiger partial charge in [0, 0.05) is 24.5 Å². The van der Waals surface area contributed by atoms with Gasteiger partial charge in [-0.05, 0) is 58.4 Å². The number of ether oxygens (including phenoxy) is 2. The lowest BCUT2D eigenvalue weighted by molar-refractivity contribution is -0.139. The molecule has 194 valence electrons. The molecule has 37 heavy (non-hydrogen) atoms. The van der Waals surface area contributed by atoms with Crippen molar-refractivity contribution in [2.24, 2.45) is 0 Å². The Balaban J connectivity index is 1.63. The maximum absolute atomic E-state index is 14.8. The molecule has 2 amide bonds. The van der Waals surface area contributed by atoms with Gasteiger partial charge in [-0.1, -0.05) is 39.0 Å². The molecule has 7 nitrogen and oxygen atoms in total. The number of hydrogen-bond donors (Lipinski definition) is 1. The van der Waals surface area contributed by atoms with Crippen LogP contribution in [0.5, 0.6) is 11.6 Å². The van der Waals surface area contributed by atoms with Gasteiger partial charge in [-0.15, -0.1) is 0 Å².